The van der Waals surface area contributed by atoms with Gasteiger partial charge in [0.05, 0.1) is 11.2 Å². The molecule has 1 atom stereocenters. The van der Waals surface area contributed by atoms with Crippen molar-refractivity contribution < 1.29 is 8.81 Å². The first-order chi connectivity index (χ1) is 8.79. The Labute approximate surface area is 106 Å². The summed E-state index contributed by atoms with van der Waals surface area (Å²) in [5.74, 6) is 5.68. The summed E-state index contributed by atoms with van der Waals surface area (Å²) in [7, 11) is 0. The van der Waals surface area contributed by atoms with Gasteiger partial charge in [-0.1, -0.05) is 12.1 Å². The lowest BCUT2D eigenvalue weighted by atomic mass is 10.1. The van der Waals surface area contributed by atoms with Gasteiger partial charge < -0.3 is 4.42 Å². The standard InChI is InChI=1S/C12H10FN3OS/c13-8-3-1-2-7-4-10(17-12(7)8)11(16-14)9-5-18-6-15-9/h1-6,11,16H,14H2. The maximum absolute atomic E-state index is 13.6. The number of aromatic nitrogens is 1. The summed E-state index contributed by atoms with van der Waals surface area (Å²) >= 11 is 1.47. The van der Waals surface area contributed by atoms with E-state index in [4.69, 9.17) is 10.3 Å². The van der Waals surface area contributed by atoms with Gasteiger partial charge in [0.15, 0.2) is 11.4 Å². The minimum Gasteiger partial charge on any atom is -0.456 e. The lowest BCUT2D eigenvalue weighted by Gasteiger charge is -2.09. The number of hydrogen-bond donors (Lipinski definition) is 2. The van der Waals surface area contributed by atoms with Crippen LogP contribution in [-0.2, 0) is 0 Å². The van der Waals surface area contributed by atoms with E-state index in [2.05, 4.69) is 10.4 Å². The molecule has 18 heavy (non-hydrogen) atoms. The third-order valence-corrected chi connectivity index (χ3v) is 3.32. The van der Waals surface area contributed by atoms with Crippen LogP contribution in [0.2, 0.25) is 0 Å². The number of nitrogens with zero attached hydrogens (tertiary/aromatic N) is 1. The topological polar surface area (TPSA) is 64.1 Å². The molecule has 0 amide bonds. The molecule has 0 fully saturated rings. The number of halogens is 1. The van der Waals surface area contributed by atoms with Crippen LogP contribution in [-0.4, -0.2) is 4.98 Å². The Bertz CT molecular complexity index is 665. The normalized spacial score (nSPS) is 13.0. The molecule has 1 unspecified atom stereocenters. The zero-order valence-electron chi connectivity index (χ0n) is 9.26. The second-order valence-electron chi connectivity index (χ2n) is 3.82. The first-order valence-corrected chi connectivity index (χ1v) is 6.26. The Morgan fingerprint density at radius 2 is 2.33 bits per heavy atom. The summed E-state index contributed by atoms with van der Waals surface area (Å²) in [6.45, 7) is 0. The third kappa shape index (κ3) is 1.80. The van der Waals surface area contributed by atoms with E-state index in [0.29, 0.717) is 11.1 Å². The molecule has 0 aliphatic heterocycles. The van der Waals surface area contributed by atoms with Crippen molar-refractivity contribution in [3.8, 4) is 0 Å². The van der Waals surface area contributed by atoms with Gasteiger partial charge in [0.1, 0.15) is 11.8 Å². The van der Waals surface area contributed by atoms with Crippen molar-refractivity contribution in [3.05, 3.63) is 52.4 Å². The molecule has 0 aliphatic rings. The number of furan rings is 1. The van der Waals surface area contributed by atoms with Gasteiger partial charge in [-0.15, -0.1) is 11.3 Å². The smallest absolute Gasteiger partial charge is 0.169 e. The monoisotopic (exact) mass is 263 g/mol. The number of thiazole rings is 1. The molecule has 1 aromatic carbocycles. The zero-order chi connectivity index (χ0) is 12.5. The molecule has 4 nitrogen and oxygen atoms in total. The molecule has 3 aromatic rings. The van der Waals surface area contributed by atoms with Crippen molar-refractivity contribution in [1.29, 1.82) is 0 Å². The highest BCUT2D eigenvalue weighted by atomic mass is 32.1. The molecule has 0 radical (unpaired) electrons. The summed E-state index contributed by atoms with van der Waals surface area (Å²) in [5, 5.41) is 2.58. The molecule has 0 saturated heterocycles. The molecule has 0 bridgehead atoms. The molecule has 3 rings (SSSR count). The molecule has 2 heterocycles. The van der Waals surface area contributed by atoms with Crippen LogP contribution < -0.4 is 11.3 Å². The average Bonchev–Trinajstić information content (AvgIpc) is 3.00. The Kier molecular flexibility index (Phi) is 2.83. The van der Waals surface area contributed by atoms with Gasteiger partial charge in [-0.2, -0.15) is 0 Å². The maximum Gasteiger partial charge on any atom is 0.169 e. The van der Waals surface area contributed by atoms with Crippen molar-refractivity contribution in [2.24, 2.45) is 5.84 Å². The second-order valence-corrected chi connectivity index (χ2v) is 4.54. The summed E-state index contributed by atoms with van der Waals surface area (Å²) in [6, 6.07) is 6.19. The molecule has 0 aliphatic carbocycles. The van der Waals surface area contributed by atoms with E-state index in [9.17, 15) is 4.39 Å². The minimum atomic E-state index is -0.382. The fraction of sp³-hybridized carbons (Fsp3) is 0.0833. The summed E-state index contributed by atoms with van der Waals surface area (Å²) < 4.78 is 19.1. The Hall–Kier alpha value is -1.76. The van der Waals surface area contributed by atoms with Crippen molar-refractivity contribution in [1.82, 2.24) is 10.4 Å². The van der Waals surface area contributed by atoms with Crippen LogP contribution in [0.15, 0.2) is 39.6 Å². The van der Waals surface area contributed by atoms with E-state index in [-0.39, 0.29) is 17.4 Å². The van der Waals surface area contributed by atoms with Gasteiger partial charge in [-0.25, -0.2) is 14.8 Å². The van der Waals surface area contributed by atoms with Crippen LogP contribution in [0.4, 0.5) is 4.39 Å². The van der Waals surface area contributed by atoms with Crippen molar-refractivity contribution in [3.63, 3.8) is 0 Å². The van der Waals surface area contributed by atoms with Crippen molar-refractivity contribution in [2.75, 3.05) is 0 Å². The molecular weight excluding hydrogens is 253 g/mol. The number of nitrogens with one attached hydrogen (secondary N) is 1. The third-order valence-electron chi connectivity index (χ3n) is 2.71. The van der Waals surface area contributed by atoms with Crippen LogP contribution in [0.5, 0.6) is 0 Å². The Balaban J connectivity index is 2.11. The van der Waals surface area contributed by atoms with Crippen LogP contribution in [0.3, 0.4) is 0 Å². The van der Waals surface area contributed by atoms with E-state index >= 15 is 0 Å². The number of hydrogen-bond acceptors (Lipinski definition) is 5. The van der Waals surface area contributed by atoms with Gasteiger partial charge in [-0.05, 0) is 12.1 Å². The summed E-state index contributed by atoms with van der Waals surface area (Å²) in [4.78, 5) is 4.18. The van der Waals surface area contributed by atoms with Crippen molar-refractivity contribution >= 4 is 22.3 Å². The first-order valence-electron chi connectivity index (χ1n) is 5.32. The molecule has 6 heteroatoms. The lowest BCUT2D eigenvalue weighted by Crippen LogP contribution is -2.28. The van der Waals surface area contributed by atoms with Crippen molar-refractivity contribution in [2.45, 2.75) is 6.04 Å². The maximum atomic E-state index is 13.6. The van der Waals surface area contributed by atoms with Gasteiger partial charge in [0.2, 0.25) is 0 Å². The largest absolute Gasteiger partial charge is 0.456 e. The quantitative estimate of drug-likeness (QED) is 0.563. The van der Waals surface area contributed by atoms with Crippen LogP contribution in [0.25, 0.3) is 11.0 Å². The summed E-state index contributed by atoms with van der Waals surface area (Å²) in [5.41, 5.74) is 5.33. The Morgan fingerprint density at radius 3 is 3.00 bits per heavy atom. The molecule has 92 valence electrons. The van der Waals surface area contributed by atoms with E-state index < -0.39 is 0 Å². The predicted octanol–water partition coefficient (Wildman–Crippen LogP) is 2.58. The number of hydrazine groups is 1. The minimum absolute atomic E-state index is 0.239. The number of nitrogens with two attached hydrogens (primary N) is 1. The summed E-state index contributed by atoms with van der Waals surface area (Å²) in [6.07, 6.45) is 0. The predicted molar refractivity (Wildman–Crippen MR) is 67.5 cm³/mol. The first kappa shape index (κ1) is 11.3. The highest BCUT2D eigenvalue weighted by molar-refractivity contribution is 7.07. The van der Waals surface area contributed by atoms with E-state index in [1.54, 1.807) is 23.7 Å². The SMILES string of the molecule is NNC(c1cscn1)c1cc2cccc(F)c2o1. The molecule has 3 N–H and O–H groups in total. The van der Waals surface area contributed by atoms with E-state index in [1.165, 1.54) is 17.4 Å². The van der Waals surface area contributed by atoms with Gasteiger partial charge >= 0.3 is 0 Å². The second kappa shape index (κ2) is 4.49. The Morgan fingerprint density at radius 1 is 1.44 bits per heavy atom. The number of rotatable bonds is 3. The highest BCUT2D eigenvalue weighted by Crippen LogP contribution is 2.28. The van der Waals surface area contributed by atoms with Gasteiger partial charge in [0, 0.05) is 10.8 Å². The number of para-hydroxylation sites is 1. The molecule has 0 saturated carbocycles. The van der Waals surface area contributed by atoms with Crippen LogP contribution in [0, 0.1) is 5.82 Å². The lowest BCUT2D eigenvalue weighted by molar-refractivity contribution is 0.461. The molecule has 2 aromatic heterocycles. The number of fused-ring (bicyclic) bond motifs is 1. The van der Waals surface area contributed by atoms with E-state index in [1.807, 2.05) is 5.38 Å². The molecular formula is C12H10FN3OS. The van der Waals surface area contributed by atoms with Crippen LogP contribution in [0.1, 0.15) is 17.5 Å². The fourth-order valence-corrected chi connectivity index (χ4v) is 2.45. The van der Waals surface area contributed by atoms with Crippen LogP contribution >= 0.6 is 11.3 Å². The van der Waals surface area contributed by atoms with Gasteiger partial charge in [-0.3, -0.25) is 5.84 Å². The molecule has 0 spiro atoms. The van der Waals surface area contributed by atoms with E-state index in [0.717, 1.165) is 5.69 Å². The average molecular weight is 263 g/mol. The number of benzene rings is 1. The highest BCUT2D eigenvalue weighted by Gasteiger charge is 2.19. The fourth-order valence-electron chi connectivity index (χ4n) is 1.87. The van der Waals surface area contributed by atoms with Gasteiger partial charge in [0.25, 0.3) is 0 Å². The zero-order valence-corrected chi connectivity index (χ0v) is 10.1.